The molecule has 0 unspecified atom stereocenters. The predicted molar refractivity (Wildman–Crippen MR) is 124 cm³/mol. The van der Waals surface area contributed by atoms with Crippen LogP contribution in [0.5, 0.6) is 0 Å². The van der Waals surface area contributed by atoms with E-state index in [1.165, 1.54) is 11.8 Å². The molecule has 4 aromatic rings. The Balaban J connectivity index is 1.56. The van der Waals surface area contributed by atoms with Crippen LogP contribution in [0.25, 0.3) is 11.1 Å². The SMILES string of the molecule is CCCCn1nc(Cc2ccccc2)nc1Cc1ccc(-c2cccnc2C(=O)O)cc1. The fourth-order valence-corrected chi connectivity index (χ4v) is 3.69. The monoisotopic (exact) mass is 426 g/mol. The third-order valence-electron chi connectivity index (χ3n) is 5.36. The fraction of sp³-hybridized carbons (Fsp3) is 0.231. The molecule has 0 saturated heterocycles. The lowest BCUT2D eigenvalue weighted by atomic mass is 10.0. The Bertz CT molecular complexity index is 1180. The summed E-state index contributed by atoms with van der Waals surface area (Å²) in [6, 6.07) is 21.7. The molecule has 0 aliphatic carbocycles. The fourth-order valence-electron chi connectivity index (χ4n) is 3.69. The Morgan fingerprint density at radius 1 is 0.938 bits per heavy atom. The number of nitrogens with zero attached hydrogens (tertiary/aromatic N) is 4. The van der Waals surface area contributed by atoms with E-state index in [-0.39, 0.29) is 5.69 Å². The molecule has 1 N–H and O–H groups in total. The second kappa shape index (κ2) is 10.0. The molecule has 2 aromatic heterocycles. The lowest BCUT2D eigenvalue weighted by Crippen LogP contribution is -2.06. The van der Waals surface area contributed by atoms with Crippen molar-refractivity contribution < 1.29 is 9.90 Å². The van der Waals surface area contributed by atoms with E-state index in [9.17, 15) is 9.90 Å². The van der Waals surface area contributed by atoms with E-state index in [0.29, 0.717) is 18.4 Å². The summed E-state index contributed by atoms with van der Waals surface area (Å²) in [7, 11) is 0. The van der Waals surface area contributed by atoms with Gasteiger partial charge in [0.05, 0.1) is 0 Å². The Kier molecular flexibility index (Phi) is 6.70. The Morgan fingerprint density at radius 3 is 2.41 bits per heavy atom. The zero-order valence-corrected chi connectivity index (χ0v) is 18.1. The first-order chi connectivity index (χ1) is 15.6. The predicted octanol–water partition coefficient (Wildman–Crippen LogP) is 5.02. The van der Waals surface area contributed by atoms with Crippen LogP contribution in [-0.4, -0.2) is 30.8 Å². The smallest absolute Gasteiger partial charge is 0.355 e. The van der Waals surface area contributed by atoms with Crippen LogP contribution in [0.3, 0.4) is 0 Å². The van der Waals surface area contributed by atoms with Crippen LogP contribution in [0.2, 0.25) is 0 Å². The first-order valence-electron chi connectivity index (χ1n) is 10.9. The zero-order valence-electron chi connectivity index (χ0n) is 18.1. The summed E-state index contributed by atoms with van der Waals surface area (Å²) in [6.07, 6.45) is 5.03. The highest BCUT2D eigenvalue weighted by Crippen LogP contribution is 2.23. The molecular formula is C26H26N4O2. The van der Waals surface area contributed by atoms with Crippen molar-refractivity contribution in [2.24, 2.45) is 0 Å². The second-order valence-electron chi connectivity index (χ2n) is 7.76. The summed E-state index contributed by atoms with van der Waals surface area (Å²) in [5.41, 5.74) is 3.80. The minimum absolute atomic E-state index is 0.0603. The number of unbranched alkanes of at least 4 members (excludes halogenated alkanes) is 1. The first-order valence-corrected chi connectivity index (χ1v) is 10.9. The third kappa shape index (κ3) is 5.09. The number of benzene rings is 2. The van der Waals surface area contributed by atoms with Gasteiger partial charge in [0.25, 0.3) is 0 Å². The summed E-state index contributed by atoms with van der Waals surface area (Å²) in [5, 5.41) is 14.2. The molecule has 2 aromatic carbocycles. The maximum atomic E-state index is 11.5. The third-order valence-corrected chi connectivity index (χ3v) is 5.36. The Morgan fingerprint density at radius 2 is 1.69 bits per heavy atom. The molecule has 0 atom stereocenters. The van der Waals surface area contributed by atoms with Gasteiger partial charge in [-0.25, -0.2) is 19.4 Å². The largest absolute Gasteiger partial charge is 0.476 e. The number of aryl methyl sites for hydroxylation is 1. The average Bonchev–Trinajstić information content (AvgIpc) is 3.19. The van der Waals surface area contributed by atoms with E-state index in [1.54, 1.807) is 12.1 Å². The van der Waals surface area contributed by atoms with Gasteiger partial charge >= 0.3 is 5.97 Å². The zero-order chi connectivity index (χ0) is 22.3. The van der Waals surface area contributed by atoms with Gasteiger partial charge < -0.3 is 5.11 Å². The molecule has 0 saturated carbocycles. The van der Waals surface area contributed by atoms with Crippen LogP contribution < -0.4 is 0 Å². The van der Waals surface area contributed by atoms with E-state index in [0.717, 1.165) is 42.2 Å². The summed E-state index contributed by atoms with van der Waals surface area (Å²) in [4.78, 5) is 20.3. The van der Waals surface area contributed by atoms with Gasteiger partial charge in [-0.15, -0.1) is 0 Å². The molecule has 0 aliphatic heterocycles. The molecule has 0 aliphatic rings. The highest BCUT2D eigenvalue weighted by molar-refractivity contribution is 5.93. The van der Waals surface area contributed by atoms with Crippen LogP contribution >= 0.6 is 0 Å². The molecule has 0 fully saturated rings. The van der Waals surface area contributed by atoms with Gasteiger partial charge in [0, 0.05) is 31.1 Å². The Labute approximate surface area is 187 Å². The van der Waals surface area contributed by atoms with Crippen molar-refractivity contribution in [1.29, 1.82) is 0 Å². The molecular weight excluding hydrogens is 400 g/mol. The normalized spacial score (nSPS) is 10.9. The topological polar surface area (TPSA) is 80.9 Å². The van der Waals surface area contributed by atoms with Gasteiger partial charge in [0.1, 0.15) is 5.82 Å². The van der Waals surface area contributed by atoms with Crippen LogP contribution in [0.15, 0.2) is 72.9 Å². The molecule has 4 rings (SSSR count). The van der Waals surface area contributed by atoms with Crippen LogP contribution in [0.1, 0.15) is 53.0 Å². The number of rotatable bonds is 9. The van der Waals surface area contributed by atoms with Gasteiger partial charge in [-0.3, -0.25) is 0 Å². The summed E-state index contributed by atoms with van der Waals surface area (Å²) in [5.74, 6) is 0.754. The van der Waals surface area contributed by atoms with Crippen LogP contribution in [-0.2, 0) is 19.4 Å². The van der Waals surface area contributed by atoms with Crippen molar-refractivity contribution in [3.8, 4) is 11.1 Å². The van der Waals surface area contributed by atoms with Crippen molar-refractivity contribution in [3.05, 3.63) is 101 Å². The maximum Gasteiger partial charge on any atom is 0.355 e. The maximum absolute atomic E-state index is 11.5. The number of carboxylic acids is 1. The molecule has 162 valence electrons. The minimum atomic E-state index is -1.03. The van der Waals surface area contributed by atoms with Gasteiger partial charge in [-0.2, -0.15) is 5.10 Å². The van der Waals surface area contributed by atoms with Gasteiger partial charge in [0.15, 0.2) is 11.5 Å². The number of pyridine rings is 1. The summed E-state index contributed by atoms with van der Waals surface area (Å²) < 4.78 is 2.03. The minimum Gasteiger partial charge on any atom is -0.476 e. The number of carboxylic acid groups (broad SMARTS) is 1. The molecule has 0 spiro atoms. The molecule has 6 nitrogen and oxygen atoms in total. The highest BCUT2D eigenvalue weighted by Gasteiger charge is 2.14. The number of hydrogen-bond donors (Lipinski definition) is 1. The van der Waals surface area contributed by atoms with Crippen molar-refractivity contribution in [3.63, 3.8) is 0 Å². The number of carbonyl (C=O) groups is 1. The van der Waals surface area contributed by atoms with Crippen molar-refractivity contribution >= 4 is 5.97 Å². The van der Waals surface area contributed by atoms with Gasteiger partial charge in [0.2, 0.25) is 0 Å². The highest BCUT2D eigenvalue weighted by atomic mass is 16.4. The summed E-state index contributed by atoms with van der Waals surface area (Å²) >= 11 is 0. The summed E-state index contributed by atoms with van der Waals surface area (Å²) in [6.45, 7) is 3.02. The molecule has 32 heavy (non-hydrogen) atoms. The number of aromatic carboxylic acids is 1. The molecule has 0 bridgehead atoms. The van der Waals surface area contributed by atoms with Gasteiger partial charge in [-0.1, -0.05) is 74.0 Å². The van der Waals surface area contributed by atoms with Crippen molar-refractivity contribution in [2.75, 3.05) is 0 Å². The van der Waals surface area contributed by atoms with Crippen LogP contribution in [0, 0.1) is 0 Å². The van der Waals surface area contributed by atoms with Gasteiger partial charge in [-0.05, 0) is 29.2 Å². The second-order valence-corrected chi connectivity index (χ2v) is 7.76. The van der Waals surface area contributed by atoms with E-state index in [1.807, 2.05) is 47.1 Å². The quantitative estimate of drug-likeness (QED) is 0.406. The van der Waals surface area contributed by atoms with Crippen LogP contribution in [0.4, 0.5) is 0 Å². The number of aromatic nitrogens is 4. The van der Waals surface area contributed by atoms with E-state index in [4.69, 9.17) is 10.1 Å². The lowest BCUT2D eigenvalue weighted by Gasteiger charge is -2.08. The van der Waals surface area contributed by atoms with E-state index >= 15 is 0 Å². The van der Waals surface area contributed by atoms with E-state index < -0.39 is 5.97 Å². The number of hydrogen-bond acceptors (Lipinski definition) is 4. The first kappa shape index (κ1) is 21.4. The molecule has 0 amide bonds. The van der Waals surface area contributed by atoms with Crippen molar-refractivity contribution in [1.82, 2.24) is 19.7 Å². The van der Waals surface area contributed by atoms with E-state index in [2.05, 4.69) is 24.0 Å². The lowest BCUT2D eigenvalue weighted by molar-refractivity contribution is 0.0691. The molecule has 6 heteroatoms. The standard InChI is InChI=1S/C26H26N4O2/c1-2-3-16-30-24(28-23(29-30)17-19-8-5-4-6-9-19)18-20-11-13-21(14-12-20)22-10-7-15-27-25(22)26(31)32/h4-15H,2-3,16-18H2,1H3,(H,31,32). The average molecular weight is 427 g/mol. The molecule has 0 radical (unpaired) electrons. The molecule has 2 heterocycles. The Hall–Kier alpha value is -3.80. The van der Waals surface area contributed by atoms with Crippen molar-refractivity contribution in [2.45, 2.75) is 39.2 Å².